The zero-order valence-corrected chi connectivity index (χ0v) is 16.6. The van der Waals surface area contributed by atoms with E-state index in [0.29, 0.717) is 0 Å². The Balaban J connectivity index is 1.64. The van der Waals surface area contributed by atoms with Gasteiger partial charge in [-0.25, -0.2) is 9.97 Å². The van der Waals surface area contributed by atoms with Crippen LogP contribution in [0.3, 0.4) is 0 Å². The molecule has 0 saturated carbocycles. The maximum atomic E-state index is 4.57. The van der Waals surface area contributed by atoms with E-state index >= 15 is 0 Å². The van der Waals surface area contributed by atoms with Crippen molar-refractivity contribution in [3.8, 4) is 22.5 Å². The number of unbranched alkanes of at least 4 members (excludes halogenated alkanes) is 3. The molecule has 0 amide bonds. The van der Waals surface area contributed by atoms with E-state index in [2.05, 4.69) is 72.3 Å². The molecule has 2 nitrogen and oxygen atoms in total. The lowest BCUT2D eigenvalue weighted by atomic mass is 10.0. The molecule has 140 valence electrons. The molecule has 2 heteroatoms. The third kappa shape index (κ3) is 5.50. The zero-order valence-electron chi connectivity index (χ0n) is 16.6. The van der Waals surface area contributed by atoms with E-state index < -0.39 is 0 Å². The van der Waals surface area contributed by atoms with Gasteiger partial charge in [-0.3, -0.25) is 0 Å². The average Bonchev–Trinajstić information content (AvgIpc) is 2.73. The van der Waals surface area contributed by atoms with Gasteiger partial charge in [0.15, 0.2) is 5.82 Å². The minimum absolute atomic E-state index is 0.803. The molecule has 0 spiro atoms. The van der Waals surface area contributed by atoms with Gasteiger partial charge in [0, 0.05) is 18.0 Å². The summed E-state index contributed by atoms with van der Waals surface area (Å²) in [7, 11) is 0. The maximum Gasteiger partial charge on any atom is 0.159 e. The van der Waals surface area contributed by atoms with Crippen molar-refractivity contribution in [2.24, 2.45) is 0 Å². The SMILES string of the molecule is CCCCCCc1cnc(-c2ccc(-c3ccc(CCC)cc3)cc2)nc1. The highest BCUT2D eigenvalue weighted by molar-refractivity contribution is 5.67. The summed E-state index contributed by atoms with van der Waals surface area (Å²) in [6, 6.07) is 17.4. The summed E-state index contributed by atoms with van der Waals surface area (Å²) in [6.45, 7) is 4.46. The highest BCUT2D eigenvalue weighted by Crippen LogP contribution is 2.24. The number of hydrogen-bond donors (Lipinski definition) is 0. The standard InChI is InChI=1S/C25H30N2/c1-3-5-6-7-9-21-18-26-25(27-19-21)24-16-14-23(15-17-24)22-12-10-20(8-4-2)11-13-22/h10-19H,3-9H2,1-2H3. The summed E-state index contributed by atoms with van der Waals surface area (Å²) in [5.74, 6) is 0.803. The first-order valence-corrected chi connectivity index (χ1v) is 10.3. The molecule has 27 heavy (non-hydrogen) atoms. The van der Waals surface area contributed by atoms with Crippen molar-refractivity contribution in [2.45, 2.75) is 58.8 Å². The number of benzene rings is 2. The molecule has 0 saturated heterocycles. The third-order valence-electron chi connectivity index (χ3n) is 4.99. The van der Waals surface area contributed by atoms with Gasteiger partial charge in [0.1, 0.15) is 0 Å². The van der Waals surface area contributed by atoms with Gasteiger partial charge in [-0.15, -0.1) is 0 Å². The summed E-state index contributed by atoms with van der Waals surface area (Å²) in [4.78, 5) is 9.14. The molecule has 2 aromatic carbocycles. The second-order valence-corrected chi connectivity index (χ2v) is 7.25. The topological polar surface area (TPSA) is 25.8 Å². The maximum absolute atomic E-state index is 4.57. The second kappa shape index (κ2) is 10.0. The van der Waals surface area contributed by atoms with Crippen LogP contribution in [0.5, 0.6) is 0 Å². The van der Waals surface area contributed by atoms with E-state index in [1.165, 1.54) is 54.4 Å². The van der Waals surface area contributed by atoms with Crippen LogP contribution < -0.4 is 0 Å². The van der Waals surface area contributed by atoms with E-state index in [9.17, 15) is 0 Å². The molecule has 0 fully saturated rings. The van der Waals surface area contributed by atoms with Crippen molar-refractivity contribution in [1.29, 1.82) is 0 Å². The number of nitrogens with zero attached hydrogens (tertiary/aromatic N) is 2. The lowest BCUT2D eigenvalue weighted by Gasteiger charge is -2.06. The predicted octanol–water partition coefficient (Wildman–Crippen LogP) is 6.89. The van der Waals surface area contributed by atoms with Crippen molar-refractivity contribution in [3.05, 3.63) is 72.1 Å². The normalized spacial score (nSPS) is 10.9. The highest BCUT2D eigenvalue weighted by Gasteiger charge is 2.04. The van der Waals surface area contributed by atoms with Gasteiger partial charge in [-0.05, 0) is 41.5 Å². The van der Waals surface area contributed by atoms with E-state index in [4.69, 9.17) is 0 Å². The Labute approximate surface area is 163 Å². The number of aromatic nitrogens is 2. The zero-order chi connectivity index (χ0) is 18.9. The smallest absolute Gasteiger partial charge is 0.159 e. The first kappa shape index (κ1) is 19.3. The van der Waals surface area contributed by atoms with Crippen molar-refractivity contribution >= 4 is 0 Å². The second-order valence-electron chi connectivity index (χ2n) is 7.25. The van der Waals surface area contributed by atoms with E-state index in [0.717, 1.165) is 24.2 Å². The molecule has 3 rings (SSSR count). The Kier molecular flexibility index (Phi) is 7.15. The monoisotopic (exact) mass is 358 g/mol. The van der Waals surface area contributed by atoms with Gasteiger partial charge in [0.2, 0.25) is 0 Å². The van der Waals surface area contributed by atoms with Crippen LogP contribution in [0.25, 0.3) is 22.5 Å². The number of aryl methyl sites for hydroxylation is 2. The summed E-state index contributed by atoms with van der Waals surface area (Å²) in [6.07, 6.45) is 12.5. The Hall–Kier alpha value is -2.48. The molecule has 0 unspecified atom stereocenters. The molecule has 0 aliphatic heterocycles. The summed E-state index contributed by atoms with van der Waals surface area (Å²) >= 11 is 0. The molecule has 0 radical (unpaired) electrons. The van der Waals surface area contributed by atoms with Crippen molar-refractivity contribution in [1.82, 2.24) is 9.97 Å². The van der Waals surface area contributed by atoms with Gasteiger partial charge < -0.3 is 0 Å². The first-order valence-electron chi connectivity index (χ1n) is 10.3. The van der Waals surface area contributed by atoms with Gasteiger partial charge in [0.25, 0.3) is 0 Å². The van der Waals surface area contributed by atoms with Gasteiger partial charge in [0.05, 0.1) is 0 Å². The van der Waals surface area contributed by atoms with E-state index in [-0.39, 0.29) is 0 Å². The van der Waals surface area contributed by atoms with Crippen LogP contribution >= 0.6 is 0 Å². The number of hydrogen-bond acceptors (Lipinski definition) is 2. The van der Waals surface area contributed by atoms with Crippen LogP contribution in [-0.2, 0) is 12.8 Å². The van der Waals surface area contributed by atoms with Gasteiger partial charge in [-0.2, -0.15) is 0 Å². The van der Waals surface area contributed by atoms with Crippen LogP contribution in [0, 0.1) is 0 Å². The summed E-state index contributed by atoms with van der Waals surface area (Å²) < 4.78 is 0. The van der Waals surface area contributed by atoms with Crippen molar-refractivity contribution in [2.75, 3.05) is 0 Å². The Morgan fingerprint density at radius 2 is 1.15 bits per heavy atom. The van der Waals surface area contributed by atoms with Crippen LogP contribution in [0.2, 0.25) is 0 Å². The average molecular weight is 359 g/mol. The minimum atomic E-state index is 0.803. The molecule has 3 aromatic rings. The molecular formula is C25H30N2. The minimum Gasteiger partial charge on any atom is -0.236 e. The quantitative estimate of drug-likeness (QED) is 0.389. The fraction of sp³-hybridized carbons (Fsp3) is 0.360. The Morgan fingerprint density at radius 1 is 0.556 bits per heavy atom. The van der Waals surface area contributed by atoms with Crippen LogP contribution in [-0.4, -0.2) is 9.97 Å². The molecular weight excluding hydrogens is 328 g/mol. The molecule has 0 atom stereocenters. The molecule has 0 bridgehead atoms. The largest absolute Gasteiger partial charge is 0.236 e. The molecule has 1 heterocycles. The molecule has 0 aliphatic rings. The van der Waals surface area contributed by atoms with Crippen molar-refractivity contribution < 1.29 is 0 Å². The van der Waals surface area contributed by atoms with Crippen LogP contribution in [0.15, 0.2) is 60.9 Å². The highest BCUT2D eigenvalue weighted by atomic mass is 14.9. The van der Waals surface area contributed by atoms with Gasteiger partial charge >= 0.3 is 0 Å². The fourth-order valence-corrected chi connectivity index (χ4v) is 3.35. The Bertz CT molecular complexity index is 802. The van der Waals surface area contributed by atoms with E-state index in [1.54, 1.807) is 0 Å². The number of rotatable bonds is 9. The van der Waals surface area contributed by atoms with E-state index in [1.807, 2.05) is 12.4 Å². The molecule has 0 N–H and O–H groups in total. The lowest BCUT2D eigenvalue weighted by molar-refractivity contribution is 0.665. The third-order valence-corrected chi connectivity index (χ3v) is 4.99. The molecule has 0 aliphatic carbocycles. The predicted molar refractivity (Wildman–Crippen MR) is 115 cm³/mol. The lowest BCUT2D eigenvalue weighted by Crippen LogP contribution is -1.93. The van der Waals surface area contributed by atoms with Crippen LogP contribution in [0.4, 0.5) is 0 Å². The van der Waals surface area contributed by atoms with Gasteiger partial charge in [-0.1, -0.05) is 88.1 Å². The Morgan fingerprint density at radius 3 is 1.74 bits per heavy atom. The van der Waals surface area contributed by atoms with Crippen LogP contribution in [0.1, 0.15) is 57.1 Å². The fourth-order valence-electron chi connectivity index (χ4n) is 3.35. The van der Waals surface area contributed by atoms with Crippen molar-refractivity contribution in [3.63, 3.8) is 0 Å². The summed E-state index contributed by atoms with van der Waals surface area (Å²) in [5.41, 5.74) is 6.19. The summed E-state index contributed by atoms with van der Waals surface area (Å²) in [5, 5.41) is 0. The molecule has 1 aromatic heterocycles. The first-order chi connectivity index (χ1) is 13.3.